The Bertz CT molecular complexity index is 1220. The zero-order valence-electron chi connectivity index (χ0n) is 20.3. The highest BCUT2D eigenvalue weighted by Crippen LogP contribution is 2.34. The Labute approximate surface area is 222 Å². The molecule has 8 nitrogen and oxygen atoms in total. The van der Waals surface area contributed by atoms with Gasteiger partial charge in [-0.2, -0.15) is 13.2 Å². The van der Waals surface area contributed by atoms with Crippen molar-refractivity contribution in [2.45, 2.75) is 57.3 Å². The van der Waals surface area contributed by atoms with Crippen LogP contribution in [0, 0.1) is 5.92 Å². The third-order valence-electron chi connectivity index (χ3n) is 6.80. The minimum Gasteiger partial charge on any atom is -0.481 e. The van der Waals surface area contributed by atoms with Crippen molar-refractivity contribution in [3.63, 3.8) is 0 Å². The molecule has 2 aromatic rings. The van der Waals surface area contributed by atoms with Gasteiger partial charge in [0.25, 0.3) is 0 Å². The first-order chi connectivity index (χ1) is 18.0. The first-order valence-corrected chi connectivity index (χ1v) is 12.6. The van der Waals surface area contributed by atoms with Gasteiger partial charge in [0.2, 0.25) is 0 Å². The molecule has 0 atom stereocenters. The Morgan fingerprint density at radius 1 is 1.03 bits per heavy atom. The van der Waals surface area contributed by atoms with Gasteiger partial charge >= 0.3 is 24.3 Å². The first kappa shape index (κ1) is 27.6. The van der Waals surface area contributed by atoms with Crippen LogP contribution in [0.2, 0.25) is 5.02 Å². The van der Waals surface area contributed by atoms with E-state index in [0.717, 1.165) is 42.2 Å². The number of alkyl halides is 3. The van der Waals surface area contributed by atoms with E-state index in [4.69, 9.17) is 21.4 Å². The Hall–Kier alpha value is -3.47. The predicted octanol–water partition coefficient (Wildman–Crippen LogP) is 6.53. The number of rotatable bonds is 5. The first-order valence-electron chi connectivity index (χ1n) is 12.2. The van der Waals surface area contributed by atoms with E-state index in [2.05, 4.69) is 10.6 Å². The molecule has 38 heavy (non-hydrogen) atoms. The number of nitrogens with zero attached hydrogens (tertiary/aromatic N) is 1. The van der Waals surface area contributed by atoms with Crippen molar-refractivity contribution in [3.8, 4) is 0 Å². The number of ether oxygens (including phenoxy) is 1. The van der Waals surface area contributed by atoms with Crippen LogP contribution < -0.4 is 10.6 Å². The van der Waals surface area contributed by atoms with Crippen molar-refractivity contribution in [1.29, 1.82) is 0 Å². The van der Waals surface area contributed by atoms with Crippen molar-refractivity contribution in [1.82, 2.24) is 4.90 Å². The second kappa shape index (κ2) is 11.5. The summed E-state index contributed by atoms with van der Waals surface area (Å²) in [6.07, 6.45) is -1.69. The highest BCUT2D eigenvalue weighted by molar-refractivity contribution is 6.33. The van der Waals surface area contributed by atoms with Gasteiger partial charge in [-0.05, 0) is 79.5 Å². The molecule has 1 aliphatic carbocycles. The summed E-state index contributed by atoms with van der Waals surface area (Å²) >= 11 is 5.90. The molecule has 0 spiro atoms. The number of carbonyl (C=O) groups is 3. The number of carboxylic acid groups (broad SMARTS) is 1. The average molecular weight is 554 g/mol. The maximum absolute atomic E-state index is 12.8. The minimum absolute atomic E-state index is 0.0413. The van der Waals surface area contributed by atoms with Gasteiger partial charge in [0.1, 0.15) is 6.10 Å². The van der Waals surface area contributed by atoms with Crippen molar-refractivity contribution < 1.29 is 37.4 Å². The molecule has 0 unspecified atom stereocenters. The number of aliphatic carboxylic acids is 1. The SMILES string of the molecule is O=C(O)C[C@H]1CC[C@H](OC(=O)N2CCc3cc(NC(=O)Nc4ccc(C(F)(F)F)cc4Cl)ccc3C2)CC1. The monoisotopic (exact) mass is 553 g/mol. The quantitative estimate of drug-likeness (QED) is 0.390. The average Bonchev–Trinajstić information content (AvgIpc) is 2.85. The van der Waals surface area contributed by atoms with E-state index in [0.29, 0.717) is 38.0 Å². The summed E-state index contributed by atoms with van der Waals surface area (Å²) in [6, 6.07) is 7.27. The largest absolute Gasteiger partial charge is 0.481 e. The molecule has 1 saturated carbocycles. The number of amides is 3. The van der Waals surface area contributed by atoms with E-state index in [9.17, 15) is 27.6 Å². The van der Waals surface area contributed by atoms with Crippen LogP contribution in [-0.4, -0.2) is 40.7 Å². The molecule has 4 rings (SSSR count). The van der Waals surface area contributed by atoms with E-state index < -0.39 is 29.8 Å². The molecule has 12 heteroatoms. The standard InChI is InChI=1S/C26H27ClF3N3O5/c27-21-13-18(26(28,29)30)4-8-22(21)32-24(36)31-19-5-3-17-14-33(10-9-16(17)12-19)25(37)38-20-6-1-15(2-7-20)11-23(34)35/h3-5,8,12-13,15,20H,1-2,6-7,9-11,14H2,(H,34,35)(H2,31,32,36)/t15-,20-. The fourth-order valence-electron chi connectivity index (χ4n) is 4.78. The number of nitrogens with one attached hydrogen (secondary N) is 2. The number of hydrogen-bond acceptors (Lipinski definition) is 4. The predicted molar refractivity (Wildman–Crippen MR) is 134 cm³/mol. The lowest BCUT2D eigenvalue weighted by molar-refractivity contribution is -0.139. The number of urea groups is 1. The van der Waals surface area contributed by atoms with Gasteiger partial charge in [-0.1, -0.05) is 17.7 Å². The zero-order valence-corrected chi connectivity index (χ0v) is 21.1. The maximum Gasteiger partial charge on any atom is 0.416 e. The van der Waals surface area contributed by atoms with Gasteiger partial charge in [-0.25, -0.2) is 9.59 Å². The highest BCUT2D eigenvalue weighted by atomic mass is 35.5. The Morgan fingerprint density at radius 2 is 1.76 bits per heavy atom. The number of halogens is 4. The maximum atomic E-state index is 12.8. The lowest BCUT2D eigenvalue weighted by atomic mass is 9.85. The molecule has 2 aromatic carbocycles. The molecule has 3 N–H and O–H groups in total. The number of anilines is 2. The van der Waals surface area contributed by atoms with E-state index in [-0.39, 0.29) is 29.2 Å². The Morgan fingerprint density at radius 3 is 2.42 bits per heavy atom. The third kappa shape index (κ3) is 7.09. The summed E-state index contributed by atoms with van der Waals surface area (Å²) in [4.78, 5) is 37.6. The number of carboxylic acids is 1. The van der Waals surface area contributed by atoms with Gasteiger partial charge in [0, 0.05) is 25.2 Å². The normalized spacial score (nSPS) is 19.3. The summed E-state index contributed by atoms with van der Waals surface area (Å²) in [5.41, 5.74) is 1.48. The molecule has 2 aliphatic rings. The van der Waals surface area contributed by atoms with Crippen LogP contribution in [0.1, 0.15) is 48.8 Å². The molecule has 1 fully saturated rings. The highest BCUT2D eigenvalue weighted by Gasteiger charge is 2.31. The van der Waals surface area contributed by atoms with Gasteiger partial charge in [0.15, 0.2) is 0 Å². The Kier molecular flexibility index (Phi) is 8.35. The van der Waals surface area contributed by atoms with Crippen molar-refractivity contribution in [2.24, 2.45) is 5.92 Å². The van der Waals surface area contributed by atoms with Crippen LogP contribution in [0.5, 0.6) is 0 Å². The van der Waals surface area contributed by atoms with E-state index in [1.807, 2.05) is 0 Å². The van der Waals surface area contributed by atoms with Crippen LogP contribution >= 0.6 is 11.6 Å². The third-order valence-corrected chi connectivity index (χ3v) is 7.12. The second-order valence-electron chi connectivity index (χ2n) is 9.55. The lowest BCUT2D eigenvalue weighted by Gasteiger charge is -2.32. The second-order valence-corrected chi connectivity index (χ2v) is 9.96. The number of carbonyl (C=O) groups excluding carboxylic acids is 2. The van der Waals surface area contributed by atoms with Crippen molar-refractivity contribution >= 4 is 41.1 Å². The Balaban J connectivity index is 1.28. The molecule has 0 radical (unpaired) electrons. The zero-order chi connectivity index (χ0) is 27.4. The topological polar surface area (TPSA) is 108 Å². The van der Waals surface area contributed by atoms with Gasteiger partial charge in [0.05, 0.1) is 16.3 Å². The van der Waals surface area contributed by atoms with Crippen LogP contribution in [0.3, 0.4) is 0 Å². The van der Waals surface area contributed by atoms with Gasteiger partial charge in [-0.3, -0.25) is 4.79 Å². The fraction of sp³-hybridized carbons (Fsp3) is 0.423. The van der Waals surface area contributed by atoms with Gasteiger partial charge < -0.3 is 25.4 Å². The number of benzene rings is 2. The molecule has 0 saturated heterocycles. The van der Waals surface area contributed by atoms with Crippen molar-refractivity contribution in [2.75, 3.05) is 17.2 Å². The summed E-state index contributed by atoms with van der Waals surface area (Å²) < 4.78 is 44.1. The molecular formula is C26H27ClF3N3O5. The molecule has 1 aliphatic heterocycles. The molecule has 204 valence electrons. The minimum atomic E-state index is -4.54. The van der Waals surface area contributed by atoms with E-state index in [1.165, 1.54) is 0 Å². The number of hydrogen-bond donors (Lipinski definition) is 3. The molecule has 3 amide bonds. The summed E-state index contributed by atoms with van der Waals surface area (Å²) in [7, 11) is 0. The molecule has 0 aromatic heterocycles. The van der Waals surface area contributed by atoms with E-state index in [1.54, 1.807) is 23.1 Å². The van der Waals surface area contributed by atoms with Gasteiger partial charge in [-0.15, -0.1) is 0 Å². The smallest absolute Gasteiger partial charge is 0.416 e. The molecule has 0 bridgehead atoms. The lowest BCUT2D eigenvalue weighted by Crippen LogP contribution is -2.39. The fourth-order valence-corrected chi connectivity index (χ4v) is 5.01. The molecular weight excluding hydrogens is 527 g/mol. The number of fused-ring (bicyclic) bond motifs is 1. The summed E-state index contributed by atoms with van der Waals surface area (Å²) in [6.45, 7) is 0.799. The van der Waals surface area contributed by atoms with Crippen LogP contribution in [0.25, 0.3) is 0 Å². The van der Waals surface area contributed by atoms with E-state index >= 15 is 0 Å². The van der Waals surface area contributed by atoms with Crippen molar-refractivity contribution in [3.05, 3.63) is 58.1 Å². The molecule has 1 heterocycles. The van der Waals surface area contributed by atoms with Crippen LogP contribution in [0.4, 0.5) is 34.1 Å². The van der Waals surface area contributed by atoms with Crippen LogP contribution in [0.15, 0.2) is 36.4 Å². The summed E-state index contributed by atoms with van der Waals surface area (Å²) in [5.74, 6) is -0.680. The summed E-state index contributed by atoms with van der Waals surface area (Å²) in [5, 5.41) is 13.8. The van der Waals surface area contributed by atoms with Crippen LogP contribution in [-0.2, 0) is 28.7 Å².